The number of rotatable bonds is 5. The molecule has 1 saturated carbocycles. The third kappa shape index (κ3) is 3.14. The molecule has 0 amide bonds. The van der Waals surface area contributed by atoms with Crippen molar-refractivity contribution in [2.45, 2.75) is 36.5 Å². The fraction of sp³-hybridized carbons (Fsp3) is 0.909. The first-order valence-electron chi connectivity index (χ1n) is 6.28. The molecule has 1 atom stereocenters. The van der Waals surface area contributed by atoms with Crippen molar-refractivity contribution in [2.24, 2.45) is 10.7 Å². The zero-order chi connectivity index (χ0) is 13.2. The Labute approximate surface area is 108 Å². The molecule has 7 heteroatoms. The average molecular weight is 275 g/mol. The highest BCUT2D eigenvalue weighted by atomic mass is 32.2. The predicted octanol–water partition coefficient (Wildman–Crippen LogP) is -0.353. The lowest BCUT2D eigenvalue weighted by Gasteiger charge is -2.13. The van der Waals surface area contributed by atoms with Gasteiger partial charge in [-0.2, -0.15) is 0 Å². The van der Waals surface area contributed by atoms with Crippen LogP contribution in [0.5, 0.6) is 0 Å². The number of aliphatic imine (C=N–C) groups is 1. The van der Waals surface area contributed by atoms with Crippen molar-refractivity contribution in [2.75, 3.05) is 26.0 Å². The average Bonchev–Trinajstić information content (AvgIpc) is 2.93. The van der Waals surface area contributed by atoms with Crippen molar-refractivity contribution in [3.8, 4) is 0 Å². The van der Waals surface area contributed by atoms with Gasteiger partial charge in [-0.25, -0.2) is 8.42 Å². The molecular weight excluding hydrogens is 254 g/mol. The summed E-state index contributed by atoms with van der Waals surface area (Å²) in [7, 11) is -3.03. The number of nitrogens with two attached hydrogens (primary N) is 1. The summed E-state index contributed by atoms with van der Waals surface area (Å²) in [5.41, 5.74) is 5.72. The quantitative estimate of drug-likeness (QED) is 0.528. The fourth-order valence-corrected chi connectivity index (χ4v) is 3.24. The van der Waals surface area contributed by atoms with E-state index in [-0.39, 0.29) is 12.6 Å². The van der Waals surface area contributed by atoms with Crippen LogP contribution in [0.2, 0.25) is 0 Å². The summed E-state index contributed by atoms with van der Waals surface area (Å²) in [5, 5.41) is 2.98. The highest BCUT2D eigenvalue weighted by Crippen LogP contribution is 2.43. The van der Waals surface area contributed by atoms with Gasteiger partial charge in [0.25, 0.3) is 0 Å². The van der Waals surface area contributed by atoms with Crippen molar-refractivity contribution in [1.29, 1.82) is 0 Å². The molecule has 2 fully saturated rings. The first-order chi connectivity index (χ1) is 8.43. The van der Waals surface area contributed by atoms with E-state index in [0.29, 0.717) is 25.3 Å². The summed E-state index contributed by atoms with van der Waals surface area (Å²) in [6, 6.07) is 0. The molecule has 18 heavy (non-hydrogen) atoms. The van der Waals surface area contributed by atoms with E-state index in [1.165, 1.54) is 6.26 Å². The van der Waals surface area contributed by atoms with Crippen LogP contribution in [0.1, 0.15) is 25.7 Å². The van der Waals surface area contributed by atoms with Crippen molar-refractivity contribution in [3.63, 3.8) is 0 Å². The van der Waals surface area contributed by atoms with Crippen LogP contribution in [0, 0.1) is 0 Å². The van der Waals surface area contributed by atoms with E-state index in [0.717, 1.165) is 19.4 Å². The highest BCUT2D eigenvalue weighted by Gasteiger charge is 2.51. The number of nitrogens with one attached hydrogen (secondary N) is 1. The third-order valence-electron chi connectivity index (χ3n) is 3.67. The summed E-state index contributed by atoms with van der Waals surface area (Å²) in [4.78, 5) is 4.13. The van der Waals surface area contributed by atoms with Crippen LogP contribution in [-0.2, 0) is 14.6 Å². The minimum absolute atomic E-state index is 0.198. The van der Waals surface area contributed by atoms with Gasteiger partial charge in [0.15, 0.2) is 15.8 Å². The standard InChI is InChI=1S/C11H21N3O3S/c1-18(15,16)11(4-5-11)8-14-10(12)13-7-9-3-2-6-17-9/h9H,2-8H2,1H3,(H3,12,13,14). The third-order valence-corrected chi connectivity index (χ3v) is 5.78. The Morgan fingerprint density at radius 1 is 1.56 bits per heavy atom. The van der Waals surface area contributed by atoms with Gasteiger partial charge in [0.1, 0.15) is 0 Å². The second-order valence-electron chi connectivity index (χ2n) is 5.17. The second kappa shape index (κ2) is 5.05. The number of ether oxygens (including phenoxy) is 1. The molecule has 1 aliphatic heterocycles. The molecule has 2 rings (SSSR count). The van der Waals surface area contributed by atoms with E-state index in [1.54, 1.807) is 0 Å². The zero-order valence-electron chi connectivity index (χ0n) is 10.7. The molecule has 2 aliphatic rings. The number of nitrogens with zero attached hydrogens (tertiary/aromatic N) is 1. The van der Waals surface area contributed by atoms with Crippen molar-refractivity contribution in [3.05, 3.63) is 0 Å². The first-order valence-corrected chi connectivity index (χ1v) is 8.17. The van der Waals surface area contributed by atoms with Crippen LogP contribution in [0.25, 0.3) is 0 Å². The molecule has 104 valence electrons. The maximum absolute atomic E-state index is 11.5. The van der Waals surface area contributed by atoms with Crippen LogP contribution < -0.4 is 11.1 Å². The smallest absolute Gasteiger partial charge is 0.188 e. The summed E-state index contributed by atoms with van der Waals surface area (Å²) in [6.07, 6.45) is 4.96. The highest BCUT2D eigenvalue weighted by molar-refractivity contribution is 7.92. The van der Waals surface area contributed by atoms with Gasteiger partial charge in [-0.1, -0.05) is 0 Å². The SMILES string of the molecule is CS(=O)(=O)C1(CN=C(N)NCC2CCCO2)CC1. The molecule has 0 aromatic carbocycles. The molecule has 0 bridgehead atoms. The number of hydrogen-bond acceptors (Lipinski definition) is 4. The van der Waals surface area contributed by atoms with E-state index >= 15 is 0 Å². The van der Waals surface area contributed by atoms with Crippen molar-refractivity contribution >= 4 is 15.8 Å². The molecule has 1 saturated heterocycles. The Hall–Kier alpha value is -0.820. The maximum atomic E-state index is 11.5. The van der Waals surface area contributed by atoms with Gasteiger partial charge < -0.3 is 15.8 Å². The summed E-state index contributed by atoms with van der Waals surface area (Å²) in [5.74, 6) is 0.306. The Bertz CT molecular complexity index is 423. The van der Waals surface area contributed by atoms with Crippen molar-refractivity contribution < 1.29 is 13.2 Å². The van der Waals surface area contributed by atoms with Gasteiger partial charge in [-0.05, 0) is 25.7 Å². The Morgan fingerprint density at radius 2 is 2.28 bits per heavy atom. The van der Waals surface area contributed by atoms with E-state index < -0.39 is 14.6 Å². The van der Waals surface area contributed by atoms with Crippen molar-refractivity contribution in [1.82, 2.24) is 5.32 Å². The summed E-state index contributed by atoms with van der Waals surface area (Å²) >= 11 is 0. The van der Waals surface area contributed by atoms with Crippen LogP contribution >= 0.6 is 0 Å². The van der Waals surface area contributed by atoms with E-state index in [1.807, 2.05) is 0 Å². The molecule has 0 aromatic rings. The van der Waals surface area contributed by atoms with Crippen LogP contribution in [-0.4, -0.2) is 51.2 Å². The number of sulfone groups is 1. The number of guanidine groups is 1. The molecule has 1 aliphatic carbocycles. The second-order valence-corrected chi connectivity index (χ2v) is 7.58. The fourth-order valence-electron chi connectivity index (χ4n) is 2.09. The lowest BCUT2D eigenvalue weighted by molar-refractivity contribution is 0.114. The topological polar surface area (TPSA) is 93.8 Å². The van der Waals surface area contributed by atoms with Gasteiger partial charge >= 0.3 is 0 Å². The van der Waals surface area contributed by atoms with Gasteiger partial charge in [0.2, 0.25) is 0 Å². The van der Waals surface area contributed by atoms with E-state index in [9.17, 15) is 8.42 Å². The number of hydrogen-bond donors (Lipinski definition) is 2. The predicted molar refractivity (Wildman–Crippen MR) is 70.3 cm³/mol. The Morgan fingerprint density at radius 3 is 2.78 bits per heavy atom. The van der Waals surface area contributed by atoms with Gasteiger partial charge in [0.05, 0.1) is 17.4 Å². The van der Waals surface area contributed by atoms with Crippen LogP contribution in [0.3, 0.4) is 0 Å². The van der Waals surface area contributed by atoms with Crippen LogP contribution in [0.15, 0.2) is 4.99 Å². The molecule has 6 nitrogen and oxygen atoms in total. The molecule has 0 spiro atoms. The summed E-state index contributed by atoms with van der Waals surface area (Å²) in [6.45, 7) is 1.71. The normalized spacial score (nSPS) is 27.2. The zero-order valence-corrected chi connectivity index (χ0v) is 11.5. The van der Waals surface area contributed by atoms with Gasteiger partial charge in [-0.3, -0.25) is 4.99 Å². The summed E-state index contributed by atoms with van der Waals surface area (Å²) < 4.78 is 27.9. The molecule has 1 heterocycles. The van der Waals surface area contributed by atoms with Gasteiger partial charge in [-0.15, -0.1) is 0 Å². The largest absolute Gasteiger partial charge is 0.376 e. The lowest BCUT2D eigenvalue weighted by atomic mass is 10.2. The Balaban J connectivity index is 1.78. The molecule has 0 radical (unpaired) electrons. The Kier molecular flexibility index (Phi) is 3.82. The lowest BCUT2D eigenvalue weighted by Crippen LogP contribution is -2.38. The molecular formula is C11H21N3O3S. The molecule has 1 unspecified atom stereocenters. The van der Waals surface area contributed by atoms with Gasteiger partial charge in [0, 0.05) is 19.4 Å². The monoisotopic (exact) mass is 275 g/mol. The maximum Gasteiger partial charge on any atom is 0.188 e. The molecule has 0 aromatic heterocycles. The first kappa shape index (κ1) is 13.6. The molecule has 3 N–H and O–H groups in total. The van der Waals surface area contributed by atoms with E-state index in [4.69, 9.17) is 10.5 Å². The minimum atomic E-state index is -3.03. The van der Waals surface area contributed by atoms with E-state index in [2.05, 4.69) is 10.3 Å². The minimum Gasteiger partial charge on any atom is -0.376 e. The van der Waals surface area contributed by atoms with Crippen LogP contribution in [0.4, 0.5) is 0 Å².